The predicted molar refractivity (Wildman–Crippen MR) is 89.6 cm³/mol. The molecule has 2 bridgehead atoms. The molecular weight excluding hydrogens is 402 g/mol. The molecule has 1 aromatic carbocycles. The molecule has 1 aromatic heterocycles. The van der Waals surface area contributed by atoms with Crippen LogP contribution in [0.15, 0.2) is 30.6 Å². The highest BCUT2D eigenvalue weighted by molar-refractivity contribution is 5.44. The number of halogens is 1. The average Bonchev–Trinajstić information content (AvgIpc) is 2.98. The van der Waals surface area contributed by atoms with E-state index in [4.69, 9.17) is 28.1 Å². The molecular formula is C19H26ClN3O6. The predicted octanol–water partition coefficient (Wildman–Crippen LogP) is -2.20. The molecule has 0 amide bonds. The summed E-state index contributed by atoms with van der Waals surface area (Å²) in [5.74, 6) is 0.463. The Labute approximate surface area is 171 Å². The molecule has 2 aromatic rings. The van der Waals surface area contributed by atoms with Gasteiger partial charge in [0, 0.05) is 18.3 Å². The Balaban J connectivity index is 0.000000431. The number of rotatable bonds is 4. The third-order valence-electron chi connectivity index (χ3n) is 5.76. The van der Waals surface area contributed by atoms with E-state index >= 15 is 0 Å². The minimum absolute atomic E-state index is 0.00102. The molecule has 3 heterocycles. The summed E-state index contributed by atoms with van der Waals surface area (Å²) in [4.78, 5) is 0. The van der Waals surface area contributed by atoms with Crippen molar-refractivity contribution in [3.05, 3.63) is 47.5 Å². The molecule has 0 spiro atoms. The van der Waals surface area contributed by atoms with Crippen molar-refractivity contribution in [2.24, 2.45) is 12.5 Å². The minimum atomic E-state index is -4.94. The van der Waals surface area contributed by atoms with Crippen molar-refractivity contribution < 1.29 is 42.9 Å². The fourth-order valence-electron chi connectivity index (χ4n) is 4.95. The van der Waals surface area contributed by atoms with E-state index in [0.29, 0.717) is 13.2 Å². The zero-order chi connectivity index (χ0) is 21.6. The molecule has 5 rings (SSSR count). The van der Waals surface area contributed by atoms with Gasteiger partial charge in [0.2, 0.25) is 5.82 Å². The van der Waals surface area contributed by atoms with Gasteiger partial charge in [0.25, 0.3) is 6.33 Å². The maximum atomic E-state index is 8.49. The summed E-state index contributed by atoms with van der Waals surface area (Å²) >= 11 is 0. The quantitative estimate of drug-likeness (QED) is 0.399. The highest BCUT2D eigenvalue weighted by Crippen LogP contribution is 2.61. The van der Waals surface area contributed by atoms with Gasteiger partial charge in [-0.1, -0.05) is 38.1 Å². The maximum Gasteiger partial charge on any atom is 0.265 e. The van der Waals surface area contributed by atoms with Crippen molar-refractivity contribution in [1.29, 1.82) is 0 Å². The topological polar surface area (TPSA) is 132 Å². The number of hydrogen-bond acceptors (Lipinski definition) is 7. The van der Waals surface area contributed by atoms with Crippen LogP contribution in [0.2, 0.25) is 0 Å². The van der Waals surface area contributed by atoms with Crippen molar-refractivity contribution in [2.75, 3.05) is 13.2 Å². The van der Waals surface area contributed by atoms with Gasteiger partial charge >= 0.3 is 0 Å². The van der Waals surface area contributed by atoms with Crippen molar-refractivity contribution in [1.82, 2.24) is 9.78 Å². The zero-order valence-electron chi connectivity index (χ0n) is 17.1. The molecule has 0 radical (unpaired) electrons. The fourth-order valence-corrected chi connectivity index (χ4v) is 4.95. The SMILES string of the molecule is CCOC1(OCC)[C@H]2c3ccccc3[C@H]([n+]3cnn(C)c32)C1(C)C.[O-][Cl+3]([O-])([O-])[O-]. The van der Waals surface area contributed by atoms with Gasteiger partial charge in [0.05, 0.1) is 12.5 Å². The van der Waals surface area contributed by atoms with Gasteiger partial charge in [-0.05, 0) is 25.0 Å². The first-order chi connectivity index (χ1) is 13.5. The lowest BCUT2D eigenvalue weighted by molar-refractivity contribution is -2.00. The molecule has 3 aliphatic rings. The van der Waals surface area contributed by atoms with Crippen LogP contribution in [0.3, 0.4) is 0 Å². The second-order valence-electron chi connectivity index (χ2n) is 7.62. The van der Waals surface area contributed by atoms with Crippen LogP contribution >= 0.6 is 0 Å². The lowest BCUT2D eigenvalue weighted by Gasteiger charge is -2.58. The zero-order valence-corrected chi connectivity index (χ0v) is 17.9. The number of benzene rings is 1. The Kier molecular flexibility index (Phi) is 5.78. The van der Waals surface area contributed by atoms with Crippen LogP contribution in [0.4, 0.5) is 0 Å². The van der Waals surface area contributed by atoms with Crippen LogP contribution in [0.1, 0.15) is 56.6 Å². The van der Waals surface area contributed by atoms with Gasteiger partial charge in [0.15, 0.2) is 5.79 Å². The standard InChI is InChI=1S/C19H26N3O2.ClHO4/c1-6-23-19(24-7-2)15-13-10-8-9-11-14(13)16(18(19,3)4)22-12-20-21(5)17(15)22;2-1(3,4)5/h8-12,15-16H,6-7H2,1-5H3;(H,2,3,4,5)/q+1;/p-1/t15-,16-;/m0./s1. The van der Waals surface area contributed by atoms with Gasteiger partial charge < -0.3 is 9.47 Å². The molecule has 0 N–H and O–H groups in total. The van der Waals surface area contributed by atoms with E-state index in [2.05, 4.69) is 47.8 Å². The van der Waals surface area contributed by atoms with Gasteiger partial charge in [0.1, 0.15) is 12.0 Å². The van der Waals surface area contributed by atoms with Crippen LogP contribution < -0.4 is 23.2 Å². The van der Waals surface area contributed by atoms with Crippen LogP contribution in [-0.2, 0) is 16.5 Å². The van der Waals surface area contributed by atoms with Gasteiger partial charge in [-0.3, -0.25) is 0 Å². The minimum Gasteiger partial charge on any atom is -0.348 e. The molecule has 1 aliphatic carbocycles. The van der Waals surface area contributed by atoms with E-state index in [1.165, 1.54) is 11.1 Å². The van der Waals surface area contributed by atoms with Crippen molar-refractivity contribution in [2.45, 2.75) is 45.4 Å². The van der Waals surface area contributed by atoms with E-state index in [9.17, 15) is 0 Å². The molecule has 2 atom stereocenters. The number of aromatic nitrogens is 3. The summed E-state index contributed by atoms with van der Waals surface area (Å²) in [6.07, 6.45) is 1.95. The monoisotopic (exact) mass is 427 g/mol. The molecule has 9 nitrogen and oxygen atoms in total. The molecule has 160 valence electrons. The van der Waals surface area contributed by atoms with Gasteiger partial charge in [-0.25, -0.2) is 23.2 Å². The summed E-state index contributed by atoms with van der Waals surface area (Å²) in [5.41, 5.74) is 2.43. The third-order valence-corrected chi connectivity index (χ3v) is 5.76. The molecule has 29 heavy (non-hydrogen) atoms. The summed E-state index contributed by atoms with van der Waals surface area (Å²) in [6.45, 7) is 9.84. The lowest BCUT2D eigenvalue weighted by Crippen LogP contribution is -2.71. The van der Waals surface area contributed by atoms with Gasteiger partial charge in [-0.2, -0.15) is 0 Å². The second kappa shape index (κ2) is 7.59. The Bertz CT molecular complexity index is 867. The van der Waals surface area contributed by atoms with Crippen LogP contribution in [0.5, 0.6) is 0 Å². The Morgan fingerprint density at radius 2 is 1.59 bits per heavy atom. The summed E-state index contributed by atoms with van der Waals surface area (Å²) < 4.78 is 51.1. The largest absolute Gasteiger partial charge is 0.348 e. The first kappa shape index (κ1) is 22.1. The highest BCUT2D eigenvalue weighted by Gasteiger charge is 2.69. The highest BCUT2D eigenvalue weighted by atomic mass is 35.7. The molecule has 2 aliphatic heterocycles. The number of hydrogen-bond donors (Lipinski definition) is 0. The first-order valence-corrected chi connectivity index (χ1v) is 10.6. The first-order valence-electron chi connectivity index (χ1n) is 9.41. The average molecular weight is 428 g/mol. The molecule has 0 fully saturated rings. The smallest absolute Gasteiger partial charge is 0.265 e. The van der Waals surface area contributed by atoms with Crippen molar-refractivity contribution >= 4 is 0 Å². The van der Waals surface area contributed by atoms with Gasteiger partial charge in [-0.15, -0.1) is 14.9 Å². The van der Waals surface area contributed by atoms with E-state index in [1.54, 1.807) is 0 Å². The van der Waals surface area contributed by atoms with E-state index < -0.39 is 16.0 Å². The van der Waals surface area contributed by atoms with E-state index in [0.717, 1.165) is 5.82 Å². The Hall–Kier alpha value is -1.59. The van der Waals surface area contributed by atoms with E-state index in [-0.39, 0.29) is 17.4 Å². The summed E-state index contributed by atoms with van der Waals surface area (Å²) in [6, 6.07) is 8.82. The van der Waals surface area contributed by atoms with Crippen molar-refractivity contribution in [3.63, 3.8) is 0 Å². The maximum absolute atomic E-state index is 8.49. The summed E-state index contributed by atoms with van der Waals surface area (Å²) in [5, 5.41) is 4.54. The molecule has 0 saturated carbocycles. The second-order valence-corrected chi connectivity index (χ2v) is 8.37. The van der Waals surface area contributed by atoms with Crippen molar-refractivity contribution in [3.8, 4) is 0 Å². The lowest BCUT2D eigenvalue weighted by atomic mass is 9.58. The fraction of sp³-hybridized carbons (Fsp3) is 0.579. The molecule has 0 unspecified atom stereocenters. The number of aryl methyl sites for hydroxylation is 1. The van der Waals surface area contributed by atoms with Crippen LogP contribution in [0.25, 0.3) is 0 Å². The van der Waals surface area contributed by atoms with Crippen LogP contribution in [0, 0.1) is 15.7 Å². The molecule has 0 saturated heterocycles. The third kappa shape index (κ3) is 3.46. The van der Waals surface area contributed by atoms with E-state index in [1.807, 2.05) is 31.9 Å². The van der Waals surface area contributed by atoms with Crippen LogP contribution in [-0.4, -0.2) is 28.8 Å². The summed E-state index contributed by atoms with van der Waals surface area (Å²) in [7, 11) is -2.94. The normalized spacial score (nSPS) is 23.1. The molecule has 10 heteroatoms. The number of nitrogens with zero attached hydrogens (tertiary/aromatic N) is 3. The Morgan fingerprint density at radius 1 is 1.07 bits per heavy atom. The Morgan fingerprint density at radius 3 is 2.10 bits per heavy atom. The number of fused-ring (bicyclic) bond motifs is 1. The number of ether oxygens (including phenoxy) is 2.